The lowest BCUT2D eigenvalue weighted by Crippen LogP contribution is -2.36. The van der Waals surface area contributed by atoms with E-state index in [1.165, 1.54) is 4.88 Å². The number of amides is 1. The van der Waals surface area contributed by atoms with Crippen LogP contribution in [0.5, 0.6) is 0 Å². The summed E-state index contributed by atoms with van der Waals surface area (Å²) in [5.74, 6) is 2.43. The fraction of sp³-hybridized carbons (Fsp3) is 0.462. The van der Waals surface area contributed by atoms with Crippen molar-refractivity contribution < 1.29 is 4.79 Å². The van der Waals surface area contributed by atoms with Gasteiger partial charge in [-0.2, -0.15) is 0 Å². The smallest absolute Gasteiger partial charge is 0.234 e. The molecule has 1 amide bonds. The molecule has 0 saturated carbocycles. The number of carbonyl (C=O) groups is 1. The van der Waals surface area contributed by atoms with Crippen LogP contribution in [0.1, 0.15) is 30.7 Å². The molecule has 1 aromatic heterocycles. The third kappa shape index (κ3) is 5.03. The highest BCUT2D eigenvalue weighted by molar-refractivity contribution is 7.10. The van der Waals surface area contributed by atoms with Gasteiger partial charge >= 0.3 is 0 Å². The largest absolute Gasteiger partial charge is 0.347 e. The first-order chi connectivity index (χ1) is 8.27. The summed E-state index contributed by atoms with van der Waals surface area (Å²) in [7, 11) is 0. The number of rotatable bonds is 7. The predicted molar refractivity (Wildman–Crippen MR) is 71.8 cm³/mol. The van der Waals surface area contributed by atoms with Gasteiger partial charge in [0.2, 0.25) is 5.91 Å². The lowest BCUT2D eigenvalue weighted by Gasteiger charge is -2.16. The number of carbonyl (C=O) groups excluding carboxylic acids is 1. The SMILES string of the molecule is C#CCNCC(=O)NC(CCC)c1cccs1. The maximum atomic E-state index is 11.7. The molecule has 1 unspecified atom stereocenters. The Morgan fingerprint density at radius 2 is 2.47 bits per heavy atom. The van der Waals surface area contributed by atoms with Gasteiger partial charge in [-0.05, 0) is 17.9 Å². The van der Waals surface area contributed by atoms with Gasteiger partial charge in [0.15, 0.2) is 0 Å². The van der Waals surface area contributed by atoms with Crippen LogP contribution in [-0.2, 0) is 4.79 Å². The third-order valence-corrected chi connectivity index (χ3v) is 3.30. The van der Waals surface area contributed by atoms with Crippen molar-refractivity contribution in [2.45, 2.75) is 25.8 Å². The molecule has 0 radical (unpaired) electrons. The quantitative estimate of drug-likeness (QED) is 0.573. The number of nitrogens with one attached hydrogen (secondary N) is 2. The summed E-state index contributed by atoms with van der Waals surface area (Å²) >= 11 is 1.67. The Kier molecular flexibility index (Phi) is 6.38. The van der Waals surface area contributed by atoms with Crippen molar-refractivity contribution >= 4 is 17.2 Å². The molecule has 0 spiro atoms. The highest BCUT2D eigenvalue weighted by Crippen LogP contribution is 2.22. The Labute approximate surface area is 107 Å². The molecule has 0 fully saturated rings. The van der Waals surface area contributed by atoms with Crippen LogP contribution in [0.4, 0.5) is 0 Å². The topological polar surface area (TPSA) is 41.1 Å². The van der Waals surface area contributed by atoms with Crippen LogP contribution >= 0.6 is 11.3 Å². The second kappa shape index (κ2) is 7.88. The molecule has 0 aliphatic carbocycles. The second-order valence-corrected chi connectivity index (χ2v) is 4.71. The van der Waals surface area contributed by atoms with E-state index < -0.39 is 0 Å². The van der Waals surface area contributed by atoms with E-state index >= 15 is 0 Å². The van der Waals surface area contributed by atoms with E-state index in [2.05, 4.69) is 29.5 Å². The maximum absolute atomic E-state index is 11.7. The molecule has 0 saturated heterocycles. The minimum atomic E-state index is -0.00731. The average Bonchev–Trinajstić information content (AvgIpc) is 2.82. The Morgan fingerprint density at radius 1 is 1.65 bits per heavy atom. The van der Waals surface area contributed by atoms with Crippen LogP contribution in [0.3, 0.4) is 0 Å². The van der Waals surface area contributed by atoms with E-state index in [9.17, 15) is 4.79 Å². The van der Waals surface area contributed by atoms with Gasteiger partial charge in [-0.15, -0.1) is 17.8 Å². The molecular formula is C13H18N2OS. The standard InChI is InChI=1S/C13H18N2OS/c1-3-6-11(12-7-5-9-17-12)15-13(16)10-14-8-4-2/h2,5,7,9,11,14H,3,6,8,10H2,1H3,(H,15,16). The normalized spacial score (nSPS) is 11.8. The molecular weight excluding hydrogens is 232 g/mol. The van der Waals surface area contributed by atoms with Crippen LogP contribution in [0.15, 0.2) is 17.5 Å². The van der Waals surface area contributed by atoms with E-state index in [-0.39, 0.29) is 18.5 Å². The van der Waals surface area contributed by atoms with E-state index in [0.29, 0.717) is 6.54 Å². The third-order valence-electron chi connectivity index (χ3n) is 2.31. The molecule has 0 aliphatic rings. The zero-order valence-corrected chi connectivity index (χ0v) is 10.8. The Morgan fingerprint density at radius 3 is 3.06 bits per heavy atom. The number of hydrogen-bond donors (Lipinski definition) is 2. The lowest BCUT2D eigenvalue weighted by molar-refractivity contribution is -0.121. The van der Waals surface area contributed by atoms with E-state index in [4.69, 9.17) is 6.42 Å². The van der Waals surface area contributed by atoms with Crippen LogP contribution in [0, 0.1) is 12.3 Å². The van der Waals surface area contributed by atoms with E-state index in [1.54, 1.807) is 11.3 Å². The summed E-state index contributed by atoms with van der Waals surface area (Å²) in [4.78, 5) is 12.9. The first kappa shape index (κ1) is 13.8. The highest BCUT2D eigenvalue weighted by atomic mass is 32.1. The molecule has 0 bridgehead atoms. The first-order valence-electron chi connectivity index (χ1n) is 5.74. The minimum absolute atomic E-state index is 0.00731. The summed E-state index contributed by atoms with van der Waals surface area (Å²) in [6.45, 7) is 2.81. The zero-order valence-electron chi connectivity index (χ0n) is 10.0. The summed E-state index contributed by atoms with van der Waals surface area (Å²) in [5.41, 5.74) is 0. The maximum Gasteiger partial charge on any atom is 0.234 e. The van der Waals surface area contributed by atoms with Gasteiger partial charge < -0.3 is 5.32 Å². The fourth-order valence-electron chi connectivity index (χ4n) is 1.56. The Hall–Kier alpha value is -1.31. The van der Waals surface area contributed by atoms with E-state index in [0.717, 1.165) is 12.8 Å². The van der Waals surface area contributed by atoms with Gasteiger partial charge in [-0.3, -0.25) is 10.1 Å². The molecule has 1 rings (SSSR count). The number of hydrogen-bond acceptors (Lipinski definition) is 3. The molecule has 2 N–H and O–H groups in total. The Bertz CT molecular complexity index is 367. The minimum Gasteiger partial charge on any atom is -0.347 e. The van der Waals surface area contributed by atoms with Gasteiger partial charge in [0.1, 0.15) is 0 Å². The molecule has 1 aromatic rings. The monoisotopic (exact) mass is 250 g/mol. The van der Waals surface area contributed by atoms with Crippen molar-refractivity contribution in [1.29, 1.82) is 0 Å². The molecule has 0 aromatic carbocycles. The molecule has 0 aliphatic heterocycles. The summed E-state index contributed by atoms with van der Waals surface area (Å²) in [6.07, 6.45) is 7.10. The van der Waals surface area contributed by atoms with E-state index in [1.807, 2.05) is 11.4 Å². The highest BCUT2D eigenvalue weighted by Gasteiger charge is 2.13. The van der Waals surface area contributed by atoms with Gasteiger partial charge in [-0.1, -0.05) is 25.3 Å². The molecule has 3 nitrogen and oxygen atoms in total. The molecule has 92 valence electrons. The van der Waals surface area contributed by atoms with Crippen molar-refractivity contribution in [1.82, 2.24) is 10.6 Å². The number of thiophene rings is 1. The summed E-state index contributed by atoms with van der Waals surface area (Å²) in [5, 5.41) is 7.93. The first-order valence-corrected chi connectivity index (χ1v) is 6.62. The van der Waals surface area contributed by atoms with Gasteiger partial charge in [-0.25, -0.2) is 0 Å². The van der Waals surface area contributed by atoms with Crippen molar-refractivity contribution in [2.24, 2.45) is 0 Å². The van der Waals surface area contributed by atoms with Gasteiger partial charge in [0.25, 0.3) is 0 Å². The fourth-order valence-corrected chi connectivity index (χ4v) is 2.37. The van der Waals surface area contributed by atoms with Crippen molar-refractivity contribution in [3.8, 4) is 12.3 Å². The van der Waals surface area contributed by atoms with Crippen LogP contribution in [-0.4, -0.2) is 19.0 Å². The molecule has 1 heterocycles. The average molecular weight is 250 g/mol. The van der Waals surface area contributed by atoms with Gasteiger partial charge in [0, 0.05) is 4.88 Å². The summed E-state index contributed by atoms with van der Waals surface area (Å²) < 4.78 is 0. The summed E-state index contributed by atoms with van der Waals surface area (Å²) in [6, 6.07) is 4.19. The number of terminal acetylenes is 1. The van der Waals surface area contributed by atoms with Crippen molar-refractivity contribution in [3.05, 3.63) is 22.4 Å². The van der Waals surface area contributed by atoms with Gasteiger partial charge in [0.05, 0.1) is 19.1 Å². The van der Waals surface area contributed by atoms with Crippen LogP contribution in [0.2, 0.25) is 0 Å². The zero-order chi connectivity index (χ0) is 12.5. The van der Waals surface area contributed by atoms with Crippen LogP contribution < -0.4 is 10.6 Å². The molecule has 4 heteroatoms. The van der Waals surface area contributed by atoms with Crippen molar-refractivity contribution in [3.63, 3.8) is 0 Å². The lowest BCUT2D eigenvalue weighted by atomic mass is 10.1. The second-order valence-electron chi connectivity index (χ2n) is 3.73. The molecule has 1 atom stereocenters. The Balaban J connectivity index is 2.44. The van der Waals surface area contributed by atoms with Crippen LogP contribution in [0.25, 0.3) is 0 Å². The predicted octanol–water partition coefficient (Wildman–Crippen LogP) is 1.93. The molecule has 17 heavy (non-hydrogen) atoms. The van der Waals surface area contributed by atoms with Crippen molar-refractivity contribution in [2.75, 3.05) is 13.1 Å².